The largest absolute Gasteiger partial charge is 0.463 e. The molecule has 0 bridgehead atoms. The van der Waals surface area contributed by atoms with Gasteiger partial charge in [0.25, 0.3) is 0 Å². The van der Waals surface area contributed by atoms with Crippen molar-refractivity contribution in [1.29, 1.82) is 0 Å². The number of carbonyl (C=O) groups excluding carboxylic acids is 1. The molecule has 4 nitrogen and oxygen atoms in total. The summed E-state index contributed by atoms with van der Waals surface area (Å²) in [7, 11) is 0. The molecule has 1 aliphatic carbocycles. The van der Waals surface area contributed by atoms with Gasteiger partial charge in [-0.05, 0) is 33.6 Å². The third-order valence-electron chi connectivity index (χ3n) is 3.30. The van der Waals surface area contributed by atoms with Crippen molar-refractivity contribution in [3.63, 3.8) is 0 Å². The van der Waals surface area contributed by atoms with Crippen LogP contribution < -0.4 is 0 Å². The number of rotatable bonds is 6. The Morgan fingerprint density at radius 3 is 2.35 bits per heavy atom. The Balaban J connectivity index is 2.81. The summed E-state index contributed by atoms with van der Waals surface area (Å²) in [5.41, 5.74) is 0.923. The summed E-state index contributed by atoms with van der Waals surface area (Å²) in [6, 6.07) is 0. The lowest BCUT2D eigenvalue weighted by Crippen LogP contribution is -2.39. The van der Waals surface area contributed by atoms with Crippen LogP contribution >= 0.6 is 0 Å². The lowest BCUT2D eigenvalue weighted by Gasteiger charge is -2.39. The first-order valence-electron chi connectivity index (χ1n) is 6.45. The maximum Gasteiger partial charge on any atom is 0.332 e. The summed E-state index contributed by atoms with van der Waals surface area (Å²) < 4.78 is 4.94. The fourth-order valence-electron chi connectivity index (χ4n) is 2.15. The van der Waals surface area contributed by atoms with Gasteiger partial charge in [0.05, 0.1) is 12.7 Å². The topological polar surface area (TPSA) is 49.8 Å². The van der Waals surface area contributed by atoms with Crippen molar-refractivity contribution in [2.75, 3.05) is 19.7 Å². The quantitative estimate of drug-likeness (QED) is 0.566. The second-order valence-electron chi connectivity index (χ2n) is 4.24. The van der Waals surface area contributed by atoms with Gasteiger partial charge in [-0.15, -0.1) is 0 Å². The minimum absolute atomic E-state index is 0.0966. The molecule has 4 heteroatoms. The van der Waals surface area contributed by atoms with Gasteiger partial charge < -0.3 is 14.7 Å². The van der Waals surface area contributed by atoms with E-state index < -0.39 is 0 Å². The van der Waals surface area contributed by atoms with Crippen LogP contribution in [0, 0.1) is 5.92 Å². The van der Waals surface area contributed by atoms with Crippen LogP contribution in [0.15, 0.2) is 11.8 Å². The van der Waals surface area contributed by atoms with E-state index in [1.807, 2.05) is 13.8 Å². The Morgan fingerprint density at radius 2 is 2.00 bits per heavy atom. The predicted molar refractivity (Wildman–Crippen MR) is 66.4 cm³/mol. The monoisotopic (exact) mass is 241 g/mol. The van der Waals surface area contributed by atoms with Crippen molar-refractivity contribution in [3.8, 4) is 0 Å². The number of aliphatic hydroxyl groups excluding tert-OH is 1. The van der Waals surface area contributed by atoms with Crippen LogP contribution in [0.3, 0.4) is 0 Å². The van der Waals surface area contributed by atoms with Crippen LogP contribution in [0.5, 0.6) is 0 Å². The van der Waals surface area contributed by atoms with Crippen LogP contribution in [-0.2, 0) is 9.53 Å². The lowest BCUT2D eigenvalue weighted by atomic mass is 9.79. The summed E-state index contributed by atoms with van der Waals surface area (Å²) in [6.45, 7) is 7.95. The highest BCUT2D eigenvalue weighted by atomic mass is 16.5. The van der Waals surface area contributed by atoms with Crippen molar-refractivity contribution >= 4 is 5.97 Å². The smallest absolute Gasteiger partial charge is 0.332 e. The van der Waals surface area contributed by atoms with Gasteiger partial charge in [0.2, 0.25) is 0 Å². The first kappa shape index (κ1) is 14.0. The Morgan fingerprint density at radius 1 is 1.35 bits per heavy atom. The molecule has 0 saturated heterocycles. The molecule has 17 heavy (non-hydrogen) atoms. The van der Waals surface area contributed by atoms with Gasteiger partial charge in [-0.1, -0.05) is 0 Å². The van der Waals surface area contributed by atoms with Gasteiger partial charge in [0.15, 0.2) is 0 Å². The minimum atomic E-state index is -0.312. The Hall–Kier alpha value is -1.03. The van der Waals surface area contributed by atoms with Crippen molar-refractivity contribution in [3.05, 3.63) is 11.8 Å². The van der Waals surface area contributed by atoms with Crippen molar-refractivity contribution in [2.45, 2.75) is 39.7 Å². The minimum Gasteiger partial charge on any atom is -0.463 e. The molecule has 1 rings (SSSR count). The fraction of sp³-hybridized carbons (Fsp3) is 0.769. The zero-order valence-corrected chi connectivity index (χ0v) is 11.0. The molecule has 1 N–H and O–H groups in total. The van der Waals surface area contributed by atoms with Gasteiger partial charge in [0, 0.05) is 30.8 Å². The Bertz CT molecular complexity index is 278. The van der Waals surface area contributed by atoms with E-state index in [0.717, 1.165) is 31.6 Å². The normalized spacial score (nSPS) is 24.1. The van der Waals surface area contributed by atoms with Crippen LogP contribution in [0.4, 0.5) is 0 Å². The zero-order chi connectivity index (χ0) is 12.8. The number of hydrogen-bond donors (Lipinski definition) is 1. The summed E-state index contributed by atoms with van der Waals surface area (Å²) in [5, 5.41) is 9.74. The van der Waals surface area contributed by atoms with E-state index in [0.29, 0.717) is 6.61 Å². The number of ether oxygens (including phenoxy) is 1. The zero-order valence-electron chi connectivity index (χ0n) is 11.0. The van der Waals surface area contributed by atoms with E-state index in [9.17, 15) is 9.90 Å². The Labute approximate surface area is 103 Å². The fourth-order valence-corrected chi connectivity index (χ4v) is 2.15. The molecule has 0 radical (unpaired) electrons. The number of aliphatic hydroxyl groups is 1. The van der Waals surface area contributed by atoms with Gasteiger partial charge in [0.1, 0.15) is 0 Å². The van der Waals surface area contributed by atoms with Gasteiger partial charge in [-0.25, -0.2) is 4.79 Å². The molecule has 0 aromatic rings. The van der Waals surface area contributed by atoms with Gasteiger partial charge in [-0.2, -0.15) is 0 Å². The van der Waals surface area contributed by atoms with E-state index >= 15 is 0 Å². The molecule has 98 valence electrons. The molecular weight excluding hydrogens is 218 g/mol. The molecule has 0 spiro atoms. The third kappa shape index (κ3) is 3.46. The van der Waals surface area contributed by atoms with Crippen LogP contribution in [0.2, 0.25) is 0 Å². The van der Waals surface area contributed by atoms with E-state index in [2.05, 4.69) is 4.90 Å². The molecule has 0 heterocycles. The highest BCUT2D eigenvalue weighted by molar-refractivity contribution is 5.82. The summed E-state index contributed by atoms with van der Waals surface area (Å²) in [5.74, 6) is -0.215. The summed E-state index contributed by atoms with van der Waals surface area (Å²) in [6.07, 6.45) is 3.01. The average Bonchev–Trinajstić information content (AvgIpc) is 2.28. The number of carbonyl (C=O) groups is 1. The molecule has 1 aliphatic rings. The van der Waals surface area contributed by atoms with E-state index in [1.54, 1.807) is 13.0 Å². The summed E-state index contributed by atoms with van der Waals surface area (Å²) >= 11 is 0. The molecule has 0 aliphatic heterocycles. The number of hydrogen-bond acceptors (Lipinski definition) is 4. The predicted octanol–water partition coefficient (Wildman–Crippen LogP) is 1.55. The first-order valence-corrected chi connectivity index (χ1v) is 6.45. The first-order chi connectivity index (χ1) is 8.13. The van der Waals surface area contributed by atoms with Crippen LogP contribution in [-0.4, -0.2) is 41.8 Å². The molecule has 1 fully saturated rings. The lowest BCUT2D eigenvalue weighted by molar-refractivity contribution is -0.137. The molecule has 1 unspecified atom stereocenters. The Kier molecular flexibility index (Phi) is 5.48. The van der Waals surface area contributed by atoms with E-state index in [4.69, 9.17) is 4.74 Å². The van der Waals surface area contributed by atoms with Crippen molar-refractivity contribution in [2.24, 2.45) is 5.92 Å². The van der Waals surface area contributed by atoms with Crippen molar-refractivity contribution < 1.29 is 14.6 Å². The number of esters is 1. The molecule has 1 saturated carbocycles. The van der Waals surface area contributed by atoms with E-state index in [-0.39, 0.29) is 18.0 Å². The molecule has 0 aromatic carbocycles. The molecule has 0 aromatic heterocycles. The van der Waals surface area contributed by atoms with Gasteiger partial charge >= 0.3 is 5.97 Å². The maximum absolute atomic E-state index is 11.5. The summed E-state index contributed by atoms with van der Waals surface area (Å²) in [4.78, 5) is 13.6. The highest BCUT2D eigenvalue weighted by Gasteiger charge is 2.34. The van der Waals surface area contributed by atoms with E-state index in [1.165, 1.54) is 0 Å². The maximum atomic E-state index is 11.5. The molecule has 2 atom stereocenters. The van der Waals surface area contributed by atoms with Gasteiger partial charge in [-0.3, -0.25) is 0 Å². The molecular formula is C13H23NO3. The second-order valence-corrected chi connectivity index (χ2v) is 4.24. The average molecular weight is 241 g/mol. The second kappa shape index (κ2) is 6.64. The van der Waals surface area contributed by atoms with Crippen LogP contribution in [0.1, 0.15) is 33.6 Å². The van der Waals surface area contributed by atoms with Crippen LogP contribution in [0.25, 0.3) is 0 Å². The highest BCUT2D eigenvalue weighted by Crippen LogP contribution is 2.35. The SMILES string of the molecule is CCOC(=O)/C=C(/C1CC[C@@H]1O)N(CC)CC. The third-order valence-corrected chi connectivity index (χ3v) is 3.30. The number of nitrogens with zero attached hydrogens (tertiary/aromatic N) is 1. The molecule has 0 amide bonds. The van der Waals surface area contributed by atoms with Crippen molar-refractivity contribution in [1.82, 2.24) is 4.90 Å². The standard InChI is InChI=1S/C13H23NO3/c1-4-14(5-2)11(9-13(16)17-6-3)10-7-8-12(10)15/h9-10,12,15H,4-8H2,1-3H3/b11-9-/t10?,12-/m0/s1.